The van der Waals surface area contributed by atoms with Crippen molar-refractivity contribution < 1.29 is 23.9 Å². The number of ether oxygens (including phenoxy) is 1. The third kappa shape index (κ3) is 8.84. The largest absolute Gasteiger partial charge is 0.446 e. The van der Waals surface area contributed by atoms with Crippen molar-refractivity contribution in [1.29, 1.82) is 0 Å². The van der Waals surface area contributed by atoms with Crippen molar-refractivity contribution >= 4 is 23.8 Å². The molecule has 0 saturated carbocycles. The molecule has 8 nitrogen and oxygen atoms in total. The topological polar surface area (TPSA) is 114 Å². The Morgan fingerprint density at radius 3 is 2.30 bits per heavy atom. The van der Waals surface area contributed by atoms with E-state index in [1.54, 1.807) is 37.3 Å². The van der Waals surface area contributed by atoms with Crippen molar-refractivity contribution in [2.45, 2.75) is 39.7 Å². The lowest BCUT2D eigenvalue weighted by molar-refractivity contribution is -0.155. The number of imide groups is 1. The zero-order valence-corrected chi connectivity index (χ0v) is 15.9. The number of urea groups is 1. The molecule has 0 radical (unpaired) electrons. The number of amides is 4. The normalized spacial score (nSPS) is 11.4. The third-order valence-corrected chi connectivity index (χ3v) is 3.54. The lowest BCUT2D eigenvalue weighted by Crippen LogP contribution is -2.43. The molecule has 1 rings (SSSR count). The van der Waals surface area contributed by atoms with E-state index in [-0.39, 0.29) is 12.5 Å². The van der Waals surface area contributed by atoms with Gasteiger partial charge >= 0.3 is 12.0 Å². The second-order valence-corrected chi connectivity index (χ2v) is 6.34. The summed E-state index contributed by atoms with van der Waals surface area (Å²) in [6.45, 7) is 5.70. The average molecular weight is 377 g/mol. The summed E-state index contributed by atoms with van der Waals surface area (Å²) in [7, 11) is 0. The molecule has 1 aromatic rings. The fourth-order valence-corrected chi connectivity index (χ4v) is 2.13. The van der Waals surface area contributed by atoms with E-state index < -0.39 is 24.0 Å². The minimum Gasteiger partial charge on any atom is -0.446 e. The number of carbonyl (C=O) groups is 4. The first-order valence-electron chi connectivity index (χ1n) is 8.93. The first kappa shape index (κ1) is 22.1. The number of esters is 1. The lowest BCUT2D eigenvalue weighted by Gasteiger charge is -2.18. The highest BCUT2D eigenvalue weighted by atomic mass is 16.5. The van der Waals surface area contributed by atoms with E-state index in [4.69, 9.17) is 4.74 Å². The van der Waals surface area contributed by atoms with Crippen molar-refractivity contribution in [3.8, 4) is 0 Å². The molecular formula is C19H27N3O5. The Bertz CT molecular complexity index is 646. The number of hydrogen-bond acceptors (Lipinski definition) is 5. The summed E-state index contributed by atoms with van der Waals surface area (Å²) in [5.41, 5.74) is 0.416. The van der Waals surface area contributed by atoms with Gasteiger partial charge in [0, 0.05) is 18.5 Å². The van der Waals surface area contributed by atoms with E-state index in [9.17, 15) is 19.2 Å². The Kier molecular flexibility index (Phi) is 9.57. The van der Waals surface area contributed by atoms with Crippen LogP contribution in [0.2, 0.25) is 0 Å². The summed E-state index contributed by atoms with van der Waals surface area (Å²) in [5, 5.41) is 7.03. The van der Waals surface area contributed by atoms with E-state index in [2.05, 4.69) is 16.0 Å². The molecule has 0 fully saturated rings. The van der Waals surface area contributed by atoms with Crippen LogP contribution in [-0.2, 0) is 19.1 Å². The molecule has 0 aliphatic heterocycles. The maximum atomic E-state index is 12.3. The van der Waals surface area contributed by atoms with Crippen LogP contribution in [-0.4, -0.2) is 36.9 Å². The third-order valence-electron chi connectivity index (χ3n) is 3.54. The van der Waals surface area contributed by atoms with Crippen molar-refractivity contribution in [2.75, 3.05) is 13.1 Å². The summed E-state index contributed by atoms with van der Waals surface area (Å²) in [6.07, 6.45) is -0.276. The van der Waals surface area contributed by atoms with E-state index in [0.717, 1.165) is 0 Å². The molecule has 0 heterocycles. The van der Waals surface area contributed by atoms with Crippen LogP contribution in [0.25, 0.3) is 0 Å². The molecule has 8 heteroatoms. The number of nitrogens with one attached hydrogen (secondary N) is 3. The van der Waals surface area contributed by atoms with Crippen LogP contribution in [0.5, 0.6) is 0 Å². The van der Waals surface area contributed by atoms with Crippen LogP contribution in [0.15, 0.2) is 30.3 Å². The summed E-state index contributed by atoms with van der Waals surface area (Å²) >= 11 is 0. The van der Waals surface area contributed by atoms with Gasteiger partial charge in [-0.3, -0.25) is 19.7 Å². The van der Waals surface area contributed by atoms with Gasteiger partial charge in [-0.2, -0.15) is 0 Å². The summed E-state index contributed by atoms with van der Waals surface area (Å²) in [6, 6.07) is 7.65. The van der Waals surface area contributed by atoms with E-state index in [1.807, 2.05) is 13.8 Å². The molecule has 1 aromatic carbocycles. The molecule has 1 atom stereocenters. The molecule has 148 valence electrons. The quantitative estimate of drug-likeness (QED) is 0.567. The Balaban J connectivity index is 2.68. The Morgan fingerprint density at radius 2 is 1.70 bits per heavy atom. The van der Waals surface area contributed by atoms with E-state index in [1.165, 1.54) is 0 Å². The summed E-state index contributed by atoms with van der Waals surface area (Å²) in [4.78, 5) is 47.7. The minimum atomic E-state index is -1.30. The van der Waals surface area contributed by atoms with Crippen molar-refractivity contribution in [3.63, 3.8) is 0 Å². The molecule has 0 aliphatic carbocycles. The molecule has 27 heavy (non-hydrogen) atoms. The molecule has 3 N–H and O–H groups in total. The zero-order chi connectivity index (χ0) is 20.2. The molecule has 0 aromatic heterocycles. The van der Waals surface area contributed by atoms with Crippen LogP contribution in [0, 0.1) is 5.92 Å². The van der Waals surface area contributed by atoms with Crippen LogP contribution in [0.3, 0.4) is 0 Å². The van der Waals surface area contributed by atoms with Gasteiger partial charge in [0.1, 0.15) is 6.54 Å². The number of benzene rings is 1. The van der Waals surface area contributed by atoms with Crippen molar-refractivity contribution in [3.05, 3.63) is 35.9 Å². The van der Waals surface area contributed by atoms with Gasteiger partial charge in [-0.25, -0.2) is 4.79 Å². The minimum absolute atomic E-state index is 0.260. The highest BCUT2D eigenvalue weighted by Crippen LogP contribution is 2.17. The Morgan fingerprint density at radius 1 is 1.04 bits per heavy atom. The first-order chi connectivity index (χ1) is 12.8. The maximum Gasteiger partial charge on any atom is 0.326 e. The Hall–Kier alpha value is -2.90. The van der Waals surface area contributed by atoms with Crippen LogP contribution < -0.4 is 16.0 Å². The van der Waals surface area contributed by atoms with Gasteiger partial charge in [-0.05, 0) is 19.3 Å². The van der Waals surface area contributed by atoms with Crippen LogP contribution in [0.4, 0.5) is 4.79 Å². The molecule has 0 aliphatic rings. The van der Waals surface area contributed by atoms with Crippen LogP contribution >= 0.6 is 0 Å². The van der Waals surface area contributed by atoms with Crippen molar-refractivity contribution in [1.82, 2.24) is 16.0 Å². The van der Waals surface area contributed by atoms with Crippen molar-refractivity contribution in [2.24, 2.45) is 5.92 Å². The van der Waals surface area contributed by atoms with Gasteiger partial charge in [0.2, 0.25) is 12.0 Å². The summed E-state index contributed by atoms with van der Waals surface area (Å²) in [5.74, 6) is -1.42. The van der Waals surface area contributed by atoms with Gasteiger partial charge in [0.05, 0.1) is 0 Å². The molecule has 4 amide bonds. The molecular weight excluding hydrogens is 350 g/mol. The van der Waals surface area contributed by atoms with Gasteiger partial charge in [-0.15, -0.1) is 0 Å². The second-order valence-electron chi connectivity index (χ2n) is 6.34. The standard InChI is InChI=1S/C19H27N3O5/c1-4-20-19(26)22-18(25)17(14-8-6-5-7-9-14)27-16(24)12-21-15(23)11-10-13(2)3/h5-9,13,17H,4,10-12H2,1-3H3,(H,21,23)(H2,20,22,25,26). The Labute approximate surface area is 159 Å². The SMILES string of the molecule is CCNC(=O)NC(=O)C(OC(=O)CNC(=O)CCC(C)C)c1ccccc1. The average Bonchev–Trinajstić information content (AvgIpc) is 2.63. The molecule has 0 spiro atoms. The zero-order valence-electron chi connectivity index (χ0n) is 15.9. The molecule has 1 unspecified atom stereocenters. The molecule has 0 saturated heterocycles. The number of hydrogen-bond donors (Lipinski definition) is 3. The highest BCUT2D eigenvalue weighted by Gasteiger charge is 2.26. The first-order valence-corrected chi connectivity index (χ1v) is 8.93. The highest BCUT2D eigenvalue weighted by molar-refractivity contribution is 5.98. The van der Waals surface area contributed by atoms with E-state index >= 15 is 0 Å². The maximum absolute atomic E-state index is 12.3. The van der Waals surface area contributed by atoms with Crippen LogP contribution in [0.1, 0.15) is 45.3 Å². The predicted octanol–water partition coefficient (Wildman–Crippen LogP) is 1.67. The smallest absolute Gasteiger partial charge is 0.326 e. The van der Waals surface area contributed by atoms with Gasteiger partial charge < -0.3 is 15.4 Å². The van der Waals surface area contributed by atoms with Gasteiger partial charge in [0.15, 0.2) is 0 Å². The fraction of sp³-hybridized carbons (Fsp3) is 0.474. The summed E-state index contributed by atoms with van der Waals surface area (Å²) < 4.78 is 5.21. The fourth-order valence-electron chi connectivity index (χ4n) is 2.13. The van der Waals surface area contributed by atoms with Gasteiger partial charge in [-0.1, -0.05) is 44.2 Å². The lowest BCUT2D eigenvalue weighted by atomic mass is 10.1. The van der Waals surface area contributed by atoms with E-state index in [0.29, 0.717) is 30.9 Å². The van der Waals surface area contributed by atoms with Gasteiger partial charge in [0.25, 0.3) is 5.91 Å². The predicted molar refractivity (Wildman–Crippen MR) is 99.6 cm³/mol. The number of rotatable bonds is 9. The monoisotopic (exact) mass is 377 g/mol. The number of carbonyl (C=O) groups excluding carboxylic acids is 4. The second kappa shape index (κ2) is 11.7. The molecule has 0 bridgehead atoms.